The van der Waals surface area contributed by atoms with E-state index in [2.05, 4.69) is 4.98 Å². The van der Waals surface area contributed by atoms with Crippen molar-refractivity contribution < 1.29 is 9.90 Å². The van der Waals surface area contributed by atoms with Crippen LogP contribution in [0.15, 0.2) is 18.3 Å². The van der Waals surface area contributed by atoms with Crippen molar-refractivity contribution in [3.8, 4) is 0 Å². The number of hydrogen-bond acceptors (Lipinski definition) is 3. The van der Waals surface area contributed by atoms with Crippen LogP contribution in [0.4, 0.5) is 5.69 Å². The van der Waals surface area contributed by atoms with Gasteiger partial charge in [-0.25, -0.2) is 0 Å². The monoisotopic (exact) mass is 220 g/mol. The third-order valence-corrected chi connectivity index (χ3v) is 2.79. The number of aromatic nitrogens is 1. The van der Waals surface area contributed by atoms with E-state index < -0.39 is 5.97 Å². The first-order valence-corrected chi connectivity index (χ1v) is 5.64. The Balaban J connectivity index is 2.20. The summed E-state index contributed by atoms with van der Waals surface area (Å²) in [4.78, 5) is 17.0. The number of rotatable bonds is 5. The highest BCUT2D eigenvalue weighted by Gasteiger charge is 2.30. The molecule has 0 aromatic carbocycles. The summed E-state index contributed by atoms with van der Waals surface area (Å²) in [6, 6.07) is 4.28. The second-order valence-electron chi connectivity index (χ2n) is 4.11. The molecule has 4 nitrogen and oxygen atoms in total. The number of nitrogens with zero attached hydrogens (tertiary/aromatic N) is 2. The molecule has 1 heterocycles. The first-order valence-electron chi connectivity index (χ1n) is 5.64. The van der Waals surface area contributed by atoms with Gasteiger partial charge in [0, 0.05) is 23.6 Å². The predicted molar refractivity (Wildman–Crippen MR) is 61.6 cm³/mol. The number of aryl methyl sites for hydroxylation is 1. The molecule has 0 amide bonds. The van der Waals surface area contributed by atoms with Crippen LogP contribution >= 0.6 is 0 Å². The van der Waals surface area contributed by atoms with E-state index in [9.17, 15) is 4.79 Å². The number of hydrogen-bond donors (Lipinski definition) is 1. The van der Waals surface area contributed by atoms with Crippen LogP contribution in [-0.4, -0.2) is 28.6 Å². The third kappa shape index (κ3) is 2.51. The molecule has 0 aliphatic heterocycles. The van der Waals surface area contributed by atoms with Gasteiger partial charge in [-0.05, 0) is 31.4 Å². The van der Waals surface area contributed by atoms with Gasteiger partial charge in [-0.3, -0.25) is 9.78 Å². The van der Waals surface area contributed by atoms with Crippen molar-refractivity contribution in [3.05, 3.63) is 24.0 Å². The van der Waals surface area contributed by atoms with E-state index >= 15 is 0 Å². The van der Waals surface area contributed by atoms with Crippen molar-refractivity contribution in [1.82, 2.24) is 4.98 Å². The number of anilines is 1. The standard InChI is InChI=1S/C12H16N2O2/c1-2-9-7-11(5-6-13-9)14(8-12(15)16)10-3-4-10/h5-7,10H,2-4,8H2,1H3,(H,15,16). The molecule has 0 saturated heterocycles. The number of carbonyl (C=O) groups is 1. The van der Waals surface area contributed by atoms with Gasteiger partial charge in [-0.2, -0.15) is 0 Å². The largest absolute Gasteiger partial charge is 0.480 e. The number of carboxylic acids is 1. The maximum atomic E-state index is 10.8. The lowest BCUT2D eigenvalue weighted by atomic mass is 10.2. The quantitative estimate of drug-likeness (QED) is 0.820. The van der Waals surface area contributed by atoms with E-state index in [0.29, 0.717) is 6.04 Å². The number of pyridine rings is 1. The summed E-state index contributed by atoms with van der Waals surface area (Å²) in [6.45, 7) is 2.13. The summed E-state index contributed by atoms with van der Waals surface area (Å²) in [5, 5.41) is 8.89. The molecular weight excluding hydrogens is 204 g/mol. The van der Waals surface area contributed by atoms with Crippen molar-refractivity contribution in [2.45, 2.75) is 32.2 Å². The van der Waals surface area contributed by atoms with Gasteiger partial charge in [0.2, 0.25) is 0 Å². The van der Waals surface area contributed by atoms with Crippen LogP contribution in [0.25, 0.3) is 0 Å². The molecular formula is C12H16N2O2. The van der Waals surface area contributed by atoms with E-state index in [1.807, 2.05) is 24.0 Å². The molecule has 0 radical (unpaired) electrons. The molecule has 2 rings (SSSR count). The van der Waals surface area contributed by atoms with Gasteiger partial charge < -0.3 is 10.0 Å². The summed E-state index contributed by atoms with van der Waals surface area (Å²) >= 11 is 0. The van der Waals surface area contributed by atoms with Crippen LogP contribution in [0.1, 0.15) is 25.5 Å². The fraction of sp³-hybridized carbons (Fsp3) is 0.500. The molecule has 0 bridgehead atoms. The minimum Gasteiger partial charge on any atom is -0.480 e. The van der Waals surface area contributed by atoms with E-state index in [0.717, 1.165) is 30.6 Å². The molecule has 1 fully saturated rings. The van der Waals surface area contributed by atoms with Gasteiger partial charge >= 0.3 is 5.97 Å². The van der Waals surface area contributed by atoms with Gasteiger partial charge in [0.15, 0.2) is 0 Å². The van der Waals surface area contributed by atoms with Crippen LogP contribution in [0.5, 0.6) is 0 Å². The van der Waals surface area contributed by atoms with Crippen LogP contribution in [0, 0.1) is 0 Å². The van der Waals surface area contributed by atoms with E-state index in [4.69, 9.17) is 5.11 Å². The zero-order valence-electron chi connectivity index (χ0n) is 9.39. The molecule has 1 saturated carbocycles. The molecule has 0 atom stereocenters. The Morgan fingerprint density at radius 2 is 2.38 bits per heavy atom. The van der Waals surface area contributed by atoms with Gasteiger partial charge in [0.1, 0.15) is 6.54 Å². The molecule has 4 heteroatoms. The summed E-state index contributed by atoms with van der Waals surface area (Å²) < 4.78 is 0. The van der Waals surface area contributed by atoms with Crippen molar-refractivity contribution >= 4 is 11.7 Å². The minimum atomic E-state index is -0.776. The van der Waals surface area contributed by atoms with E-state index in [1.54, 1.807) is 6.20 Å². The Labute approximate surface area is 94.9 Å². The fourth-order valence-corrected chi connectivity index (χ4v) is 1.80. The first-order chi connectivity index (χ1) is 7.70. The second-order valence-corrected chi connectivity index (χ2v) is 4.11. The molecule has 0 unspecified atom stereocenters. The van der Waals surface area contributed by atoms with Crippen molar-refractivity contribution in [2.75, 3.05) is 11.4 Å². The topological polar surface area (TPSA) is 53.4 Å². The van der Waals surface area contributed by atoms with Crippen LogP contribution in [0.3, 0.4) is 0 Å². The van der Waals surface area contributed by atoms with Gasteiger partial charge in [-0.1, -0.05) is 6.92 Å². The highest BCUT2D eigenvalue weighted by atomic mass is 16.4. The molecule has 0 spiro atoms. The summed E-state index contributed by atoms with van der Waals surface area (Å²) in [7, 11) is 0. The molecule has 1 aromatic rings. The molecule has 1 aliphatic rings. The number of carboxylic acid groups (broad SMARTS) is 1. The van der Waals surface area contributed by atoms with Crippen molar-refractivity contribution in [1.29, 1.82) is 0 Å². The molecule has 16 heavy (non-hydrogen) atoms. The van der Waals surface area contributed by atoms with E-state index in [1.165, 1.54) is 0 Å². The van der Waals surface area contributed by atoms with Crippen molar-refractivity contribution in [2.24, 2.45) is 0 Å². The van der Waals surface area contributed by atoms with Gasteiger partial charge in [0.25, 0.3) is 0 Å². The Morgan fingerprint density at radius 3 is 2.94 bits per heavy atom. The predicted octanol–water partition coefficient (Wildman–Crippen LogP) is 1.70. The smallest absolute Gasteiger partial charge is 0.323 e. The second kappa shape index (κ2) is 4.51. The zero-order valence-corrected chi connectivity index (χ0v) is 9.39. The Hall–Kier alpha value is -1.58. The lowest BCUT2D eigenvalue weighted by Gasteiger charge is -2.22. The summed E-state index contributed by atoms with van der Waals surface area (Å²) in [5.41, 5.74) is 1.99. The van der Waals surface area contributed by atoms with Crippen LogP contribution in [0.2, 0.25) is 0 Å². The average molecular weight is 220 g/mol. The highest BCUT2D eigenvalue weighted by molar-refractivity contribution is 5.74. The van der Waals surface area contributed by atoms with Crippen molar-refractivity contribution in [3.63, 3.8) is 0 Å². The van der Waals surface area contributed by atoms with E-state index in [-0.39, 0.29) is 6.54 Å². The maximum Gasteiger partial charge on any atom is 0.323 e. The molecule has 86 valence electrons. The van der Waals surface area contributed by atoms with Gasteiger partial charge in [0.05, 0.1) is 0 Å². The lowest BCUT2D eigenvalue weighted by Crippen LogP contribution is -2.31. The van der Waals surface area contributed by atoms with Crippen LogP contribution < -0.4 is 4.90 Å². The normalized spacial score (nSPS) is 14.8. The Morgan fingerprint density at radius 1 is 1.62 bits per heavy atom. The Bertz CT molecular complexity index is 388. The molecule has 1 aromatic heterocycles. The highest BCUT2D eigenvalue weighted by Crippen LogP contribution is 2.31. The fourth-order valence-electron chi connectivity index (χ4n) is 1.80. The maximum absolute atomic E-state index is 10.8. The third-order valence-electron chi connectivity index (χ3n) is 2.79. The molecule has 1 N–H and O–H groups in total. The summed E-state index contributed by atoms with van der Waals surface area (Å²) in [6.07, 6.45) is 4.82. The minimum absolute atomic E-state index is 0.0812. The lowest BCUT2D eigenvalue weighted by molar-refractivity contribution is -0.135. The SMILES string of the molecule is CCc1cc(N(CC(=O)O)C2CC2)ccn1. The molecule has 1 aliphatic carbocycles. The zero-order chi connectivity index (χ0) is 11.5. The average Bonchev–Trinajstić information content (AvgIpc) is 3.09. The van der Waals surface area contributed by atoms with Gasteiger partial charge in [-0.15, -0.1) is 0 Å². The Kier molecular flexibility index (Phi) is 3.08. The summed E-state index contributed by atoms with van der Waals surface area (Å²) in [5.74, 6) is -0.776. The number of aliphatic carboxylic acids is 1. The first kappa shape index (κ1) is 10.9. The van der Waals surface area contributed by atoms with Crippen LogP contribution in [-0.2, 0) is 11.2 Å².